The largest absolute Gasteiger partial charge is 0.330 e. The lowest BCUT2D eigenvalue weighted by Crippen LogP contribution is -2.08. The van der Waals surface area contributed by atoms with Gasteiger partial charge in [-0.2, -0.15) is 0 Å². The zero-order valence-corrected chi connectivity index (χ0v) is 9.33. The molecule has 0 spiro atoms. The van der Waals surface area contributed by atoms with Crippen molar-refractivity contribution in [2.75, 3.05) is 6.54 Å². The molecule has 1 unspecified atom stereocenters. The molecule has 0 heterocycles. The van der Waals surface area contributed by atoms with Gasteiger partial charge in [0, 0.05) is 0 Å². The highest BCUT2D eigenvalue weighted by atomic mass is 14.5. The van der Waals surface area contributed by atoms with Crippen LogP contribution in [0.3, 0.4) is 0 Å². The third-order valence-corrected chi connectivity index (χ3v) is 2.94. The van der Waals surface area contributed by atoms with E-state index in [-0.39, 0.29) is 0 Å². The fraction of sp³-hybridized carbons (Fsp3) is 0.286. The Hall–Kier alpha value is -1.34. The van der Waals surface area contributed by atoms with Crippen LogP contribution in [0.25, 0.3) is 10.8 Å². The molecule has 0 radical (unpaired) electrons. The van der Waals surface area contributed by atoms with Crippen LogP contribution in [0.15, 0.2) is 36.4 Å². The van der Waals surface area contributed by atoms with E-state index >= 15 is 0 Å². The second-order valence-corrected chi connectivity index (χ2v) is 4.25. The molecule has 0 aromatic heterocycles. The van der Waals surface area contributed by atoms with E-state index in [1.54, 1.807) is 0 Å². The van der Waals surface area contributed by atoms with Gasteiger partial charge in [0.25, 0.3) is 0 Å². The number of fused-ring (bicyclic) bond motifs is 1. The Kier molecular flexibility index (Phi) is 2.74. The van der Waals surface area contributed by atoms with E-state index in [1.807, 2.05) is 0 Å². The Labute approximate surface area is 90.9 Å². The molecule has 0 aliphatic heterocycles. The van der Waals surface area contributed by atoms with Crippen LogP contribution in [0, 0.1) is 6.92 Å². The number of aryl methyl sites for hydroxylation is 1. The fourth-order valence-electron chi connectivity index (χ4n) is 1.83. The summed E-state index contributed by atoms with van der Waals surface area (Å²) in [6.07, 6.45) is 0. The molecule has 78 valence electrons. The Balaban J connectivity index is 2.52. The highest BCUT2D eigenvalue weighted by Gasteiger charge is 2.03. The highest BCUT2D eigenvalue weighted by molar-refractivity contribution is 5.83. The molecule has 15 heavy (non-hydrogen) atoms. The molecule has 1 nitrogen and oxygen atoms in total. The summed E-state index contributed by atoms with van der Waals surface area (Å²) in [6, 6.07) is 13.2. The maximum Gasteiger partial charge on any atom is -0.00109 e. The zero-order valence-electron chi connectivity index (χ0n) is 9.33. The molecule has 0 bridgehead atoms. The first-order valence-corrected chi connectivity index (χ1v) is 5.41. The van der Waals surface area contributed by atoms with Crippen molar-refractivity contribution < 1.29 is 0 Å². The summed E-state index contributed by atoms with van der Waals surface area (Å²) < 4.78 is 0. The van der Waals surface area contributed by atoms with Gasteiger partial charge in [0.15, 0.2) is 0 Å². The van der Waals surface area contributed by atoms with Gasteiger partial charge in [-0.15, -0.1) is 0 Å². The van der Waals surface area contributed by atoms with Crippen molar-refractivity contribution in [3.8, 4) is 0 Å². The maximum atomic E-state index is 5.67. The van der Waals surface area contributed by atoms with Crippen molar-refractivity contribution in [1.29, 1.82) is 0 Å². The summed E-state index contributed by atoms with van der Waals surface area (Å²) in [5.41, 5.74) is 8.31. The Bertz CT molecular complexity index is 474. The van der Waals surface area contributed by atoms with Crippen molar-refractivity contribution in [1.82, 2.24) is 0 Å². The maximum absolute atomic E-state index is 5.67. The standard InChI is InChI=1S/C14H17N/c1-10-3-4-14-8-12(11(2)9-15)5-6-13(14)7-10/h3-8,11H,9,15H2,1-2H3. The van der Waals surface area contributed by atoms with Crippen LogP contribution in [0.1, 0.15) is 24.0 Å². The van der Waals surface area contributed by atoms with Crippen LogP contribution in [0.2, 0.25) is 0 Å². The summed E-state index contributed by atoms with van der Waals surface area (Å²) >= 11 is 0. The average molecular weight is 199 g/mol. The van der Waals surface area contributed by atoms with E-state index in [9.17, 15) is 0 Å². The quantitative estimate of drug-likeness (QED) is 0.789. The molecule has 0 saturated heterocycles. The van der Waals surface area contributed by atoms with E-state index in [1.165, 1.54) is 21.9 Å². The molecule has 2 aromatic rings. The van der Waals surface area contributed by atoms with Gasteiger partial charge in [0.1, 0.15) is 0 Å². The molecule has 2 aromatic carbocycles. The Morgan fingerprint density at radius 2 is 1.73 bits per heavy atom. The van der Waals surface area contributed by atoms with E-state index in [2.05, 4.69) is 50.2 Å². The normalized spacial score (nSPS) is 13.0. The van der Waals surface area contributed by atoms with Crippen LogP contribution in [0.5, 0.6) is 0 Å². The molecule has 2 N–H and O–H groups in total. The first kappa shape index (κ1) is 10.2. The van der Waals surface area contributed by atoms with Gasteiger partial charge in [-0.3, -0.25) is 0 Å². The predicted octanol–water partition coefficient (Wildman–Crippen LogP) is 3.21. The average Bonchev–Trinajstić information content (AvgIpc) is 2.27. The van der Waals surface area contributed by atoms with E-state index in [0.717, 1.165) is 0 Å². The van der Waals surface area contributed by atoms with Crippen LogP contribution < -0.4 is 5.73 Å². The van der Waals surface area contributed by atoms with Crippen molar-refractivity contribution >= 4 is 10.8 Å². The van der Waals surface area contributed by atoms with Gasteiger partial charge in [0.2, 0.25) is 0 Å². The Morgan fingerprint density at radius 3 is 2.47 bits per heavy atom. The topological polar surface area (TPSA) is 26.0 Å². The van der Waals surface area contributed by atoms with Gasteiger partial charge >= 0.3 is 0 Å². The van der Waals surface area contributed by atoms with Crippen molar-refractivity contribution in [3.05, 3.63) is 47.5 Å². The molecule has 0 aliphatic carbocycles. The SMILES string of the molecule is Cc1ccc2cc(C(C)CN)ccc2c1. The molecule has 1 heteroatoms. The van der Waals surface area contributed by atoms with Gasteiger partial charge in [-0.05, 0) is 35.7 Å². The minimum atomic E-state index is 0.440. The predicted molar refractivity (Wildman–Crippen MR) is 66.2 cm³/mol. The second-order valence-electron chi connectivity index (χ2n) is 4.25. The number of rotatable bonds is 2. The lowest BCUT2D eigenvalue weighted by Gasteiger charge is -2.10. The molecule has 0 aliphatic rings. The second kappa shape index (κ2) is 4.03. The van der Waals surface area contributed by atoms with Crippen molar-refractivity contribution in [2.24, 2.45) is 5.73 Å². The third-order valence-electron chi connectivity index (χ3n) is 2.94. The minimum absolute atomic E-state index is 0.440. The molecule has 1 atom stereocenters. The lowest BCUT2D eigenvalue weighted by atomic mass is 9.97. The molecule has 2 rings (SSSR count). The van der Waals surface area contributed by atoms with Gasteiger partial charge in [0.05, 0.1) is 0 Å². The number of nitrogens with two attached hydrogens (primary N) is 1. The lowest BCUT2D eigenvalue weighted by molar-refractivity contribution is 0.775. The summed E-state index contributed by atoms with van der Waals surface area (Å²) in [4.78, 5) is 0. The number of hydrogen-bond donors (Lipinski definition) is 1. The summed E-state index contributed by atoms with van der Waals surface area (Å²) in [7, 11) is 0. The van der Waals surface area contributed by atoms with E-state index < -0.39 is 0 Å². The van der Waals surface area contributed by atoms with Crippen LogP contribution in [-0.2, 0) is 0 Å². The van der Waals surface area contributed by atoms with Crippen LogP contribution in [-0.4, -0.2) is 6.54 Å². The van der Waals surface area contributed by atoms with Gasteiger partial charge in [-0.1, -0.05) is 48.9 Å². The summed E-state index contributed by atoms with van der Waals surface area (Å²) in [6.45, 7) is 4.99. The van der Waals surface area contributed by atoms with Crippen molar-refractivity contribution in [3.63, 3.8) is 0 Å². The molecule has 0 saturated carbocycles. The summed E-state index contributed by atoms with van der Waals surface area (Å²) in [5, 5.41) is 2.61. The molecule has 0 fully saturated rings. The number of benzene rings is 2. The fourth-order valence-corrected chi connectivity index (χ4v) is 1.83. The Morgan fingerprint density at radius 1 is 1.07 bits per heavy atom. The molecular formula is C14H17N. The molecular weight excluding hydrogens is 182 g/mol. The van der Waals surface area contributed by atoms with Crippen molar-refractivity contribution in [2.45, 2.75) is 19.8 Å². The summed E-state index contributed by atoms with van der Waals surface area (Å²) in [5.74, 6) is 0.440. The van der Waals surface area contributed by atoms with Crippen LogP contribution >= 0.6 is 0 Å². The monoisotopic (exact) mass is 199 g/mol. The van der Waals surface area contributed by atoms with Crippen LogP contribution in [0.4, 0.5) is 0 Å². The minimum Gasteiger partial charge on any atom is -0.330 e. The first-order valence-electron chi connectivity index (χ1n) is 5.41. The smallest absolute Gasteiger partial charge is 0.00109 e. The van der Waals surface area contributed by atoms with Gasteiger partial charge < -0.3 is 5.73 Å². The highest BCUT2D eigenvalue weighted by Crippen LogP contribution is 2.21. The third kappa shape index (κ3) is 2.02. The van der Waals surface area contributed by atoms with E-state index in [4.69, 9.17) is 5.73 Å². The van der Waals surface area contributed by atoms with Gasteiger partial charge in [-0.25, -0.2) is 0 Å². The zero-order chi connectivity index (χ0) is 10.8. The number of hydrogen-bond acceptors (Lipinski definition) is 1. The van der Waals surface area contributed by atoms with E-state index in [0.29, 0.717) is 12.5 Å². The molecule has 0 amide bonds. The first-order chi connectivity index (χ1) is 7.20.